The van der Waals surface area contributed by atoms with Crippen LogP contribution in [0.2, 0.25) is 0 Å². The first-order chi connectivity index (χ1) is 8.02. The molecule has 1 aromatic carbocycles. The highest BCUT2D eigenvalue weighted by molar-refractivity contribution is 5.34. The third kappa shape index (κ3) is 2.39. The van der Waals surface area contributed by atoms with Gasteiger partial charge in [0, 0.05) is 0 Å². The van der Waals surface area contributed by atoms with Crippen LogP contribution < -0.4 is 0 Å². The van der Waals surface area contributed by atoms with E-state index in [1.165, 1.54) is 0 Å². The molecule has 1 heterocycles. The number of aryl methyl sites for hydroxylation is 1. The first-order valence-corrected chi connectivity index (χ1v) is 5.89. The fourth-order valence-electron chi connectivity index (χ4n) is 1.80. The Balaban J connectivity index is 2.57. The second kappa shape index (κ2) is 4.34. The Kier molecular flexibility index (Phi) is 3.03. The van der Waals surface area contributed by atoms with E-state index in [1.807, 2.05) is 41.1 Å². The molecule has 17 heavy (non-hydrogen) atoms. The second-order valence-corrected chi connectivity index (χ2v) is 4.68. The SMILES string of the molecule is CCc1cc(C(C)(C)O)n(-c2ccccc2)n1. The number of aromatic nitrogens is 2. The fourth-order valence-corrected chi connectivity index (χ4v) is 1.80. The first kappa shape index (κ1) is 11.9. The van der Waals surface area contributed by atoms with Gasteiger partial charge in [-0.05, 0) is 38.5 Å². The van der Waals surface area contributed by atoms with E-state index in [0.29, 0.717) is 0 Å². The predicted molar refractivity (Wildman–Crippen MR) is 68.2 cm³/mol. The zero-order valence-electron chi connectivity index (χ0n) is 10.5. The van der Waals surface area contributed by atoms with Crippen LogP contribution in [0.15, 0.2) is 36.4 Å². The van der Waals surface area contributed by atoms with Gasteiger partial charge in [0.25, 0.3) is 0 Å². The zero-order chi connectivity index (χ0) is 12.5. The molecule has 1 aromatic heterocycles. The van der Waals surface area contributed by atoms with Crippen molar-refractivity contribution in [2.75, 3.05) is 0 Å². The number of hydrogen-bond donors (Lipinski definition) is 1. The Hall–Kier alpha value is -1.61. The van der Waals surface area contributed by atoms with Gasteiger partial charge in [-0.3, -0.25) is 0 Å². The third-order valence-electron chi connectivity index (χ3n) is 2.75. The summed E-state index contributed by atoms with van der Waals surface area (Å²) < 4.78 is 1.82. The molecule has 3 nitrogen and oxygen atoms in total. The summed E-state index contributed by atoms with van der Waals surface area (Å²) in [6.45, 7) is 5.62. The molecule has 0 atom stereocenters. The molecule has 0 radical (unpaired) electrons. The largest absolute Gasteiger partial charge is 0.384 e. The number of nitrogens with zero attached hydrogens (tertiary/aromatic N) is 2. The lowest BCUT2D eigenvalue weighted by molar-refractivity contribution is 0.0711. The van der Waals surface area contributed by atoms with Crippen molar-refractivity contribution in [3.05, 3.63) is 47.8 Å². The normalized spacial score (nSPS) is 11.8. The first-order valence-electron chi connectivity index (χ1n) is 5.89. The third-order valence-corrected chi connectivity index (χ3v) is 2.75. The van der Waals surface area contributed by atoms with Gasteiger partial charge in [0.05, 0.1) is 17.1 Å². The summed E-state index contributed by atoms with van der Waals surface area (Å²) in [5.41, 5.74) is 1.90. The molecule has 0 aliphatic carbocycles. The average Bonchev–Trinajstić information content (AvgIpc) is 2.74. The number of para-hydroxylation sites is 1. The van der Waals surface area contributed by atoms with Crippen LogP contribution in [0.3, 0.4) is 0 Å². The van der Waals surface area contributed by atoms with E-state index < -0.39 is 5.60 Å². The lowest BCUT2D eigenvalue weighted by atomic mass is 10.0. The summed E-state index contributed by atoms with van der Waals surface area (Å²) in [5, 5.41) is 14.7. The molecule has 0 saturated carbocycles. The van der Waals surface area contributed by atoms with Crippen molar-refractivity contribution in [1.82, 2.24) is 9.78 Å². The molecule has 1 N–H and O–H groups in total. The van der Waals surface area contributed by atoms with Gasteiger partial charge in [0.1, 0.15) is 5.60 Å². The van der Waals surface area contributed by atoms with Crippen molar-refractivity contribution in [3.8, 4) is 5.69 Å². The van der Waals surface area contributed by atoms with Crippen LogP contribution in [-0.4, -0.2) is 14.9 Å². The van der Waals surface area contributed by atoms with Crippen LogP contribution in [0.5, 0.6) is 0 Å². The van der Waals surface area contributed by atoms with Gasteiger partial charge in [0.2, 0.25) is 0 Å². The van der Waals surface area contributed by atoms with Gasteiger partial charge in [-0.15, -0.1) is 0 Å². The molecule has 0 aliphatic rings. The summed E-state index contributed by atoms with van der Waals surface area (Å²) in [6, 6.07) is 11.8. The smallest absolute Gasteiger partial charge is 0.101 e. The molecular weight excluding hydrogens is 212 g/mol. The minimum atomic E-state index is -0.893. The lowest BCUT2D eigenvalue weighted by Crippen LogP contribution is -2.20. The monoisotopic (exact) mass is 230 g/mol. The molecule has 0 spiro atoms. The molecule has 0 bridgehead atoms. The highest BCUT2D eigenvalue weighted by atomic mass is 16.3. The second-order valence-electron chi connectivity index (χ2n) is 4.68. The van der Waals surface area contributed by atoms with E-state index in [4.69, 9.17) is 0 Å². The van der Waals surface area contributed by atoms with Gasteiger partial charge >= 0.3 is 0 Å². The van der Waals surface area contributed by atoms with Gasteiger partial charge in [0.15, 0.2) is 0 Å². The van der Waals surface area contributed by atoms with Crippen LogP contribution in [0, 0.1) is 0 Å². The summed E-state index contributed by atoms with van der Waals surface area (Å²) in [4.78, 5) is 0. The minimum Gasteiger partial charge on any atom is -0.384 e. The molecule has 0 unspecified atom stereocenters. The summed E-state index contributed by atoms with van der Waals surface area (Å²) in [5.74, 6) is 0. The Morgan fingerprint density at radius 3 is 2.41 bits per heavy atom. The van der Waals surface area contributed by atoms with Crippen molar-refractivity contribution in [2.45, 2.75) is 32.8 Å². The summed E-state index contributed by atoms with van der Waals surface area (Å²) in [7, 11) is 0. The maximum atomic E-state index is 10.2. The quantitative estimate of drug-likeness (QED) is 0.880. The van der Waals surface area contributed by atoms with E-state index in [1.54, 1.807) is 13.8 Å². The number of rotatable bonds is 3. The van der Waals surface area contributed by atoms with Crippen molar-refractivity contribution in [2.24, 2.45) is 0 Å². The van der Waals surface area contributed by atoms with E-state index in [0.717, 1.165) is 23.5 Å². The average molecular weight is 230 g/mol. The number of benzene rings is 1. The number of aliphatic hydroxyl groups is 1. The highest BCUT2D eigenvalue weighted by Crippen LogP contribution is 2.23. The van der Waals surface area contributed by atoms with Crippen LogP contribution in [0.1, 0.15) is 32.2 Å². The molecule has 90 valence electrons. The molecule has 2 rings (SSSR count). The van der Waals surface area contributed by atoms with Gasteiger partial charge in [-0.25, -0.2) is 4.68 Å². The Bertz CT molecular complexity index is 495. The van der Waals surface area contributed by atoms with E-state index in [9.17, 15) is 5.11 Å². The standard InChI is InChI=1S/C14H18N2O/c1-4-11-10-13(14(2,3)17)16(15-11)12-8-6-5-7-9-12/h5-10,17H,4H2,1-3H3. The zero-order valence-corrected chi connectivity index (χ0v) is 10.5. The maximum Gasteiger partial charge on any atom is 0.101 e. The van der Waals surface area contributed by atoms with Crippen molar-refractivity contribution < 1.29 is 5.11 Å². The molecule has 0 amide bonds. The van der Waals surface area contributed by atoms with Crippen molar-refractivity contribution >= 4 is 0 Å². The van der Waals surface area contributed by atoms with Gasteiger partial charge in [-0.1, -0.05) is 25.1 Å². The van der Waals surface area contributed by atoms with Crippen LogP contribution in [0.25, 0.3) is 5.69 Å². The minimum absolute atomic E-state index is 0.820. The maximum absolute atomic E-state index is 10.2. The van der Waals surface area contributed by atoms with Gasteiger partial charge in [-0.2, -0.15) is 5.10 Å². The molecule has 2 aromatic rings. The summed E-state index contributed by atoms with van der Waals surface area (Å²) in [6.07, 6.45) is 0.864. The van der Waals surface area contributed by atoms with Crippen LogP contribution in [-0.2, 0) is 12.0 Å². The highest BCUT2D eigenvalue weighted by Gasteiger charge is 2.23. The lowest BCUT2D eigenvalue weighted by Gasteiger charge is -2.18. The topological polar surface area (TPSA) is 38.0 Å². The van der Waals surface area contributed by atoms with Crippen LogP contribution in [0.4, 0.5) is 0 Å². The Labute approximate surface area is 102 Å². The van der Waals surface area contributed by atoms with Crippen molar-refractivity contribution in [1.29, 1.82) is 0 Å². The Morgan fingerprint density at radius 2 is 1.88 bits per heavy atom. The van der Waals surface area contributed by atoms with E-state index >= 15 is 0 Å². The van der Waals surface area contributed by atoms with Crippen LogP contribution >= 0.6 is 0 Å². The van der Waals surface area contributed by atoms with E-state index in [2.05, 4.69) is 12.0 Å². The van der Waals surface area contributed by atoms with Gasteiger partial charge < -0.3 is 5.11 Å². The molecule has 0 fully saturated rings. The molecular formula is C14H18N2O. The molecule has 0 aliphatic heterocycles. The molecule has 0 saturated heterocycles. The Morgan fingerprint density at radius 1 is 1.24 bits per heavy atom. The number of hydrogen-bond acceptors (Lipinski definition) is 2. The van der Waals surface area contributed by atoms with Crippen molar-refractivity contribution in [3.63, 3.8) is 0 Å². The fraction of sp³-hybridized carbons (Fsp3) is 0.357. The van der Waals surface area contributed by atoms with E-state index in [-0.39, 0.29) is 0 Å². The predicted octanol–water partition coefficient (Wildman–Crippen LogP) is 2.66. The summed E-state index contributed by atoms with van der Waals surface area (Å²) >= 11 is 0. The molecule has 3 heteroatoms.